The van der Waals surface area contributed by atoms with E-state index in [0.29, 0.717) is 24.6 Å². The minimum Gasteiger partial charge on any atom is -0.493 e. The Labute approximate surface area is 154 Å². The van der Waals surface area contributed by atoms with Crippen LogP contribution in [0.5, 0.6) is 5.75 Å². The summed E-state index contributed by atoms with van der Waals surface area (Å²) < 4.78 is 5.62. The number of amides is 1. The molecule has 1 N–H and O–H groups in total. The van der Waals surface area contributed by atoms with Gasteiger partial charge in [-0.25, -0.2) is 0 Å². The number of hydrogen-bond acceptors (Lipinski definition) is 4. The molecule has 0 saturated carbocycles. The van der Waals surface area contributed by atoms with Crippen LogP contribution in [0, 0.1) is 17.0 Å². The van der Waals surface area contributed by atoms with Crippen molar-refractivity contribution >= 4 is 34.8 Å². The van der Waals surface area contributed by atoms with Crippen molar-refractivity contribution in [2.75, 3.05) is 13.2 Å². The third kappa shape index (κ3) is 5.34. The summed E-state index contributed by atoms with van der Waals surface area (Å²) in [6.45, 7) is 2.61. The number of halogens is 2. The first-order chi connectivity index (χ1) is 11.9. The molecule has 0 aromatic heterocycles. The number of nitrogens with one attached hydrogen (secondary N) is 1. The summed E-state index contributed by atoms with van der Waals surface area (Å²) >= 11 is 11.6. The second-order valence-electron chi connectivity index (χ2n) is 5.29. The lowest BCUT2D eigenvalue weighted by Gasteiger charge is -2.10. The Morgan fingerprint density at radius 2 is 1.88 bits per heavy atom. The number of ether oxygens (including phenoxy) is 1. The summed E-state index contributed by atoms with van der Waals surface area (Å²) in [6.07, 6.45) is 0.551. The van der Waals surface area contributed by atoms with E-state index in [1.54, 1.807) is 18.2 Å². The van der Waals surface area contributed by atoms with Crippen LogP contribution in [0.25, 0.3) is 0 Å². The monoisotopic (exact) mass is 382 g/mol. The minimum atomic E-state index is -0.632. The van der Waals surface area contributed by atoms with Crippen LogP contribution >= 0.6 is 23.2 Å². The number of nitro groups is 1. The van der Waals surface area contributed by atoms with Crippen LogP contribution in [0.2, 0.25) is 10.0 Å². The topological polar surface area (TPSA) is 81.5 Å². The Morgan fingerprint density at radius 3 is 2.56 bits per heavy atom. The van der Waals surface area contributed by atoms with Gasteiger partial charge in [-0.05, 0) is 49.2 Å². The van der Waals surface area contributed by atoms with Gasteiger partial charge in [-0.3, -0.25) is 14.9 Å². The van der Waals surface area contributed by atoms with Crippen LogP contribution in [-0.2, 0) is 0 Å². The van der Waals surface area contributed by atoms with Gasteiger partial charge in [0.2, 0.25) is 0 Å². The summed E-state index contributed by atoms with van der Waals surface area (Å²) in [5.74, 6) is 0.204. The van der Waals surface area contributed by atoms with Gasteiger partial charge in [0.05, 0.1) is 11.5 Å². The number of benzene rings is 2. The molecule has 6 nitrogen and oxygen atoms in total. The number of aryl methyl sites for hydroxylation is 1. The minimum absolute atomic E-state index is 0.0242. The predicted octanol–water partition coefficient (Wildman–Crippen LogP) is 4.41. The van der Waals surface area contributed by atoms with Crippen LogP contribution in [0.15, 0.2) is 36.4 Å². The van der Waals surface area contributed by atoms with E-state index in [1.165, 1.54) is 12.1 Å². The van der Waals surface area contributed by atoms with Crippen LogP contribution in [0.3, 0.4) is 0 Å². The first-order valence-electron chi connectivity index (χ1n) is 7.49. The number of carbonyl (C=O) groups excluding carboxylic acids is 1. The van der Waals surface area contributed by atoms with Crippen molar-refractivity contribution in [2.45, 2.75) is 13.3 Å². The van der Waals surface area contributed by atoms with Crippen molar-refractivity contribution < 1.29 is 14.5 Å². The Kier molecular flexibility index (Phi) is 6.61. The molecular weight excluding hydrogens is 367 g/mol. The summed E-state index contributed by atoms with van der Waals surface area (Å²) in [5.41, 5.74) is 0.579. The lowest BCUT2D eigenvalue weighted by atomic mass is 10.1. The third-order valence-corrected chi connectivity index (χ3v) is 3.87. The molecule has 0 aliphatic carbocycles. The molecule has 0 radical (unpaired) electrons. The highest BCUT2D eigenvalue weighted by Gasteiger charge is 2.20. The molecule has 1 amide bonds. The van der Waals surface area contributed by atoms with Crippen LogP contribution in [0.1, 0.15) is 22.3 Å². The Morgan fingerprint density at radius 1 is 1.20 bits per heavy atom. The molecule has 0 aliphatic heterocycles. The van der Waals surface area contributed by atoms with E-state index in [2.05, 4.69) is 5.32 Å². The Hall–Kier alpha value is -2.31. The lowest BCUT2D eigenvalue weighted by molar-refractivity contribution is -0.385. The number of hydrogen-bond donors (Lipinski definition) is 1. The smallest absolute Gasteiger partial charge is 0.283 e. The zero-order valence-corrected chi connectivity index (χ0v) is 14.9. The van der Waals surface area contributed by atoms with Crippen LogP contribution in [0.4, 0.5) is 5.69 Å². The molecule has 2 aromatic carbocycles. The maximum absolute atomic E-state index is 12.1. The van der Waals surface area contributed by atoms with E-state index in [1.807, 2.05) is 6.92 Å². The fraction of sp³-hybridized carbons (Fsp3) is 0.235. The van der Waals surface area contributed by atoms with Gasteiger partial charge >= 0.3 is 0 Å². The Bertz CT molecular complexity index is 796. The fourth-order valence-electron chi connectivity index (χ4n) is 2.17. The van der Waals surface area contributed by atoms with Gasteiger partial charge in [0, 0.05) is 22.7 Å². The van der Waals surface area contributed by atoms with Crippen molar-refractivity contribution in [2.24, 2.45) is 0 Å². The van der Waals surface area contributed by atoms with Crippen LogP contribution in [-0.4, -0.2) is 24.0 Å². The molecule has 25 heavy (non-hydrogen) atoms. The van der Waals surface area contributed by atoms with Gasteiger partial charge in [0.1, 0.15) is 11.3 Å². The second-order valence-corrected chi connectivity index (χ2v) is 6.16. The molecule has 0 bridgehead atoms. The predicted molar refractivity (Wildman–Crippen MR) is 96.7 cm³/mol. The maximum atomic E-state index is 12.1. The molecule has 0 atom stereocenters. The zero-order valence-electron chi connectivity index (χ0n) is 13.4. The van der Waals surface area contributed by atoms with E-state index in [4.69, 9.17) is 27.9 Å². The van der Waals surface area contributed by atoms with E-state index in [-0.39, 0.29) is 16.3 Å². The number of nitro benzene ring substituents is 1. The van der Waals surface area contributed by atoms with Gasteiger partial charge < -0.3 is 10.1 Å². The SMILES string of the molecule is Cc1cc(Cl)ccc1OCCCNC(=O)c1ccc(Cl)cc1[N+](=O)[O-]. The van der Waals surface area contributed by atoms with E-state index in [9.17, 15) is 14.9 Å². The molecular formula is C17H16Cl2N2O4. The quantitative estimate of drug-likeness (QED) is 0.436. The molecule has 132 valence electrons. The summed E-state index contributed by atoms with van der Waals surface area (Å²) in [6, 6.07) is 9.26. The van der Waals surface area contributed by atoms with Crippen molar-refractivity contribution in [3.63, 3.8) is 0 Å². The van der Waals surface area contributed by atoms with E-state index < -0.39 is 10.8 Å². The van der Waals surface area contributed by atoms with Gasteiger partial charge in [0.15, 0.2) is 0 Å². The number of rotatable bonds is 7. The van der Waals surface area contributed by atoms with Gasteiger partial charge in [-0.15, -0.1) is 0 Å². The van der Waals surface area contributed by atoms with Crippen molar-refractivity contribution in [1.29, 1.82) is 0 Å². The normalized spacial score (nSPS) is 10.4. The van der Waals surface area contributed by atoms with Crippen molar-refractivity contribution in [3.8, 4) is 5.75 Å². The lowest BCUT2D eigenvalue weighted by Crippen LogP contribution is -2.26. The van der Waals surface area contributed by atoms with Crippen LogP contribution < -0.4 is 10.1 Å². The summed E-state index contributed by atoms with van der Waals surface area (Å²) in [7, 11) is 0. The molecule has 0 unspecified atom stereocenters. The highest BCUT2D eigenvalue weighted by molar-refractivity contribution is 6.31. The van der Waals surface area contributed by atoms with Gasteiger partial charge in [-0.1, -0.05) is 23.2 Å². The summed E-state index contributed by atoms with van der Waals surface area (Å²) in [5, 5.41) is 14.5. The molecule has 2 rings (SSSR count). The van der Waals surface area contributed by atoms with Gasteiger partial charge in [-0.2, -0.15) is 0 Å². The molecule has 0 saturated heterocycles. The standard InChI is InChI=1S/C17H16Cl2N2O4/c1-11-9-12(18)4-6-16(11)25-8-2-7-20-17(22)14-5-3-13(19)10-15(14)21(23)24/h3-6,9-10H,2,7-8H2,1H3,(H,20,22). The largest absolute Gasteiger partial charge is 0.493 e. The third-order valence-electron chi connectivity index (χ3n) is 3.40. The van der Waals surface area contributed by atoms with Crippen molar-refractivity contribution in [1.82, 2.24) is 5.32 Å². The average molecular weight is 383 g/mol. The molecule has 0 fully saturated rings. The van der Waals surface area contributed by atoms with Crippen molar-refractivity contribution in [3.05, 3.63) is 67.7 Å². The highest BCUT2D eigenvalue weighted by atomic mass is 35.5. The molecule has 8 heteroatoms. The summed E-state index contributed by atoms with van der Waals surface area (Å²) in [4.78, 5) is 22.5. The molecule has 0 spiro atoms. The first kappa shape index (κ1) is 19.0. The number of carbonyl (C=O) groups is 1. The molecule has 0 heterocycles. The second kappa shape index (κ2) is 8.69. The fourth-order valence-corrected chi connectivity index (χ4v) is 2.57. The molecule has 0 aliphatic rings. The first-order valence-corrected chi connectivity index (χ1v) is 8.25. The Balaban J connectivity index is 1.84. The molecule has 2 aromatic rings. The number of nitrogens with zero attached hydrogens (tertiary/aromatic N) is 1. The zero-order chi connectivity index (χ0) is 18.4. The van der Waals surface area contributed by atoms with E-state index >= 15 is 0 Å². The highest BCUT2D eigenvalue weighted by Crippen LogP contribution is 2.23. The van der Waals surface area contributed by atoms with E-state index in [0.717, 1.165) is 17.4 Å². The van der Waals surface area contributed by atoms with Gasteiger partial charge in [0.25, 0.3) is 11.6 Å². The average Bonchev–Trinajstić information content (AvgIpc) is 2.56. The maximum Gasteiger partial charge on any atom is 0.283 e.